The summed E-state index contributed by atoms with van der Waals surface area (Å²) in [5.74, 6) is 0.626. The van der Waals surface area contributed by atoms with Crippen molar-refractivity contribution in [2.45, 2.75) is 39.4 Å². The maximum Gasteiger partial charge on any atom is 0.416 e. The molecule has 8 heteroatoms. The number of carbonyl (C=O) groups is 1. The summed E-state index contributed by atoms with van der Waals surface area (Å²) >= 11 is 0. The first kappa shape index (κ1) is 22.2. The molecule has 1 aliphatic heterocycles. The van der Waals surface area contributed by atoms with Crippen molar-refractivity contribution in [2.75, 3.05) is 18.4 Å². The lowest BCUT2D eigenvalue weighted by Crippen LogP contribution is -2.32. The summed E-state index contributed by atoms with van der Waals surface area (Å²) in [7, 11) is 0. The number of amides is 1. The maximum absolute atomic E-state index is 13.1. The molecule has 1 saturated heterocycles. The van der Waals surface area contributed by atoms with Crippen LogP contribution in [0.1, 0.15) is 47.0 Å². The lowest BCUT2D eigenvalue weighted by Gasteiger charge is -2.30. The van der Waals surface area contributed by atoms with Crippen molar-refractivity contribution in [1.82, 2.24) is 4.90 Å². The molecule has 0 unspecified atom stereocenters. The van der Waals surface area contributed by atoms with E-state index in [-0.39, 0.29) is 17.0 Å². The fourth-order valence-corrected chi connectivity index (χ4v) is 4.18. The van der Waals surface area contributed by atoms with Crippen LogP contribution in [0.15, 0.2) is 40.8 Å². The zero-order chi connectivity index (χ0) is 23.0. The van der Waals surface area contributed by atoms with Crippen LogP contribution in [0, 0.1) is 12.8 Å². The quantitative estimate of drug-likeness (QED) is 0.520. The van der Waals surface area contributed by atoms with E-state index in [0.29, 0.717) is 34.8 Å². The summed E-state index contributed by atoms with van der Waals surface area (Å²) in [5.41, 5.74) is 0.827. The fraction of sp³-hybridized carbons (Fsp3) is 0.375. The molecule has 0 atom stereocenters. The number of phenols is 1. The molecule has 0 bridgehead atoms. The predicted molar refractivity (Wildman–Crippen MR) is 116 cm³/mol. The molecule has 0 spiro atoms. The molecular formula is C24H25F3N2O3. The SMILES string of the molecule is Cc1oc2ccc(O)c(CN3CCC(C)CC3)c2c1C(=O)Nc1ccc(C(F)(F)F)cc1. The molecule has 4 rings (SSSR count). The summed E-state index contributed by atoms with van der Waals surface area (Å²) in [6.45, 7) is 6.17. The number of alkyl halides is 3. The molecule has 0 radical (unpaired) electrons. The van der Waals surface area contributed by atoms with Gasteiger partial charge in [-0.3, -0.25) is 9.69 Å². The molecule has 1 fully saturated rings. The predicted octanol–water partition coefficient (Wildman–Crippen LogP) is 5.95. The Morgan fingerprint density at radius 2 is 1.81 bits per heavy atom. The van der Waals surface area contributed by atoms with Crippen molar-refractivity contribution in [3.63, 3.8) is 0 Å². The Bertz CT molecular complexity index is 1130. The molecule has 2 N–H and O–H groups in total. The zero-order valence-corrected chi connectivity index (χ0v) is 17.9. The smallest absolute Gasteiger partial charge is 0.416 e. The second kappa shape index (κ2) is 8.50. The number of aromatic hydroxyl groups is 1. The molecule has 2 heterocycles. The van der Waals surface area contributed by atoms with E-state index in [0.717, 1.165) is 38.1 Å². The highest BCUT2D eigenvalue weighted by Gasteiger charge is 2.30. The third-order valence-electron chi connectivity index (χ3n) is 6.07. The summed E-state index contributed by atoms with van der Waals surface area (Å²) in [4.78, 5) is 15.3. The summed E-state index contributed by atoms with van der Waals surface area (Å²) in [6, 6.07) is 7.45. The normalized spacial score (nSPS) is 15.9. The Kier molecular flexibility index (Phi) is 5.90. The van der Waals surface area contributed by atoms with Crippen molar-refractivity contribution in [3.05, 3.63) is 58.8 Å². The van der Waals surface area contributed by atoms with E-state index in [1.165, 1.54) is 12.1 Å². The number of halogens is 3. The highest BCUT2D eigenvalue weighted by Crippen LogP contribution is 2.36. The van der Waals surface area contributed by atoms with Crippen LogP contribution in [0.25, 0.3) is 11.0 Å². The number of phenolic OH excluding ortho intramolecular Hbond substituents is 1. The van der Waals surface area contributed by atoms with Gasteiger partial charge in [-0.2, -0.15) is 13.2 Å². The maximum atomic E-state index is 13.1. The third-order valence-corrected chi connectivity index (χ3v) is 6.07. The number of rotatable bonds is 4. The van der Waals surface area contributed by atoms with E-state index in [4.69, 9.17) is 4.42 Å². The average Bonchev–Trinajstić information content (AvgIpc) is 3.07. The van der Waals surface area contributed by atoms with E-state index in [1.807, 2.05) is 0 Å². The van der Waals surface area contributed by atoms with Crippen LogP contribution in [0.3, 0.4) is 0 Å². The highest BCUT2D eigenvalue weighted by molar-refractivity contribution is 6.14. The number of hydrogen-bond acceptors (Lipinski definition) is 4. The van der Waals surface area contributed by atoms with Crippen molar-refractivity contribution in [3.8, 4) is 5.75 Å². The minimum Gasteiger partial charge on any atom is -0.508 e. The molecule has 1 aliphatic rings. The molecule has 0 saturated carbocycles. The molecule has 3 aromatic rings. The first-order chi connectivity index (χ1) is 15.1. The van der Waals surface area contributed by atoms with Gasteiger partial charge >= 0.3 is 6.18 Å². The number of fused-ring (bicyclic) bond motifs is 1. The highest BCUT2D eigenvalue weighted by atomic mass is 19.4. The van der Waals surface area contributed by atoms with Gasteiger partial charge in [0.15, 0.2) is 0 Å². The van der Waals surface area contributed by atoms with E-state index in [1.54, 1.807) is 19.1 Å². The average molecular weight is 446 g/mol. The van der Waals surface area contributed by atoms with Crippen LogP contribution < -0.4 is 5.32 Å². The van der Waals surface area contributed by atoms with Gasteiger partial charge in [-0.05, 0) is 75.2 Å². The molecule has 1 aromatic heterocycles. The topological polar surface area (TPSA) is 65.7 Å². The number of hydrogen-bond donors (Lipinski definition) is 2. The fourth-order valence-electron chi connectivity index (χ4n) is 4.18. The first-order valence-electron chi connectivity index (χ1n) is 10.6. The number of aryl methyl sites for hydroxylation is 1. The first-order valence-corrected chi connectivity index (χ1v) is 10.6. The van der Waals surface area contributed by atoms with Gasteiger partial charge in [-0.1, -0.05) is 6.92 Å². The van der Waals surface area contributed by atoms with Crippen molar-refractivity contribution < 1.29 is 27.5 Å². The van der Waals surface area contributed by atoms with E-state index >= 15 is 0 Å². The number of benzene rings is 2. The van der Waals surface area contributed by atoms with Gasteiger partial charge in [0.2, 0.25) is 0 Å². The minimum absolute atomic E-state index is 0.0838. The summed E-state index contributed by atoms with van der Waals surface area (Å²) < 4.78 is 44.2. The van der Waals surface area contributed by atoms with Gasteiger partial charge in [-0.15, -0.1) is 0 Å². The van der Waals surface area contributed by atoms with Gasteiger partial charge in [0.1, 0.15) is 17.1 Å². The third kappa shape index (κ3) is 4.46. The largest absolute Gasteiger partial charge is 0.508 e. The van der Waals surface area contributed by atoms with Gasteiger partial charge in [-0.25, -0.2) is 0 Å². The number of anilines is 1. The summed E-state index contributed by atoms with van der Waals surface area (Å²) in [6.07, 6.45) is -2.30. The Morgan fingerprint density at radius 1 is 1.16 bits per heavy atom. The molecular weight excluding hydrogens is 421 g/mol. The van der Waals surface area contributed by atoms with Crippen LogP contribution in [-0.4, -0.2) is 29.0 Å². The monoisotopic (exact) mass is 446 g/mol. The van der Waals surface area contributed by atoms with Crippen molar-refractivity contribution >= 4 is 22.6 Å². The number of piperidine rings is 1. The van der Waals surface area contributed by atoms with Crippen molar-refractivity contribution in [2.24, 2.45) is 5.92 Å². The van der Waals surface area contributed by atoms with Gasteiger partial charge < -0.3 is 14.8 Å². The molecule has 0 aliphatic carbocycles. The van der Waals surface area contributed by atoms with Gasteiger partial charge in [0.25, 0.3) is 5.91 Å². The molecule has 32 heavy (non-hydrogen) atoms. The van der Waals surface area contributed by atoms with E-state index in [9.17, 15) is 23.1 Å². The lowest BCUT2D eigenvalue weighted by molar-refractivity contribution is -0.137. The number of carbonyl (C=O) groups excluding carboxylic acids is 1. The van der Waals surface area contributed by atoms with Crippen LogP contribution in [0.4, 0.5) is 18.9 Å². The number of nitrogens with zero attached hydrogens (tertiary/aromatic N) is 1. The molecule has 170 valence electrons. The molecule has 5 nitrogen and oxygen atoms in total. The van der Waals surface area contributed by atoms with E-state index in [2.05, 4.69) is 17.1 Å². The summed E-state index contributed by atoms with van der Waals surface area (Å²) in [5, 5.41) is 13.8. The standard InChI is InChI=1S/C24H25F3N2O3/c1-14-9-11-29(12-10-14)13-18-19(30)7-8-20-22(18)21(15(2)32-20)23(31)28-17-5-3-16(4-6-17)24(25,26)27/h3-8,14,30H,9-13H2,1-2H3,(H,28,31). The van der Waals surface area contributed by atoms with Crippen LogP contribution in [0.5, 0.6) is 5.75 Å². The Hall–Kier alpha value is -3.00. The molecule has 2 aromatic carbocycles. The molecule has 1 amide bonds. The lowest BCUT2D eigenvalue weighted by atomic mass is 9.97. The van der Waals surface area contributed by atoms with Crippen LogP contribution in [-0.2, 0) is 12.7 Å². The second-order valence-electron chi connectivity index (χ2n) is 8.46. The number of nitrogens with one attached hydrogen (secondary N) is 1. The van der Waals surface area contributed by atoms with Crippen LogP contribution in [0.2, 0.25) is 0 Å². The van der Waals surface area contributed by atoms with Gasteiger partial charge in [0, 0.05) is 23.2 Å². The Balaban J connectivity index is 1.65. The number of furan rings is 1. The Labute approximate surface area is 183 Å². The van der Waals surface area contributed by atoms with Crippen molar-refractivity contribution in [1.29, 1.82) is 0 Å². The Morgan fingerprint density at radius 3 is 2.44 bits per heavy atom. The minimum atomic E-state index is -4.45. The van der Waals surface area contributed by atoms with Crippen LogP contribution >= 0.6 is 0 Å². The van der Waals surface area contributed by atoms with E-state index < -0.39 is 17.6 Å². The van der Waals surface area contributed by atoms with Gasteiger partial charge in [0.05, 0.1) is 11.1 Å². The second-order valence-corrected chi connectivity index (χ2v) is 8.46. The number of likely N-dealkylation sites (tertiary alicyclic amines) is 1. The zero-order valence-electron chi connectivity index (χ0n) is 17.9.